The molecule has 100 valence electrons. The van der Waals surface area contributed by atoms with Crippen molar-refractivity contribution in [3.05, 3.63) is 18.1 Å². The summed E-state index contributed by atoms with van der Waals surface area (Å²) in [7, 11) is 2.92. The Balaban J connectivity index is 2.32. The van der Waals surface area contributed by atoms with Gasteiger partial charge in [-0.15, -0.1) is 0 Å². The number of esters is 1. The van der Waals surface area contributed by atoms with Gasteiger partial charge in [-0.25, -0.2) is 9.78 Å². The Morgan fingerprint density at radius 1 is 1.28 bits per heavy atom. The molecule has 0 saturated heterocycles. The Morgan fingerprint density at radius 3 is 2.83 bits per heavy atom. The van der Waals surface area contributed by atoms with Crippen LogP contribution in [0.3, 0.4) is 0 Å². The molecule has 0 amide bonds. The molecule has 0 aromatic carbocycles. The third-order valence-corrected chi connectivity index (χ3v) is 2.01. The summed E-state index contributed by atoms with van der Waals surface area (Å²) in [5, 5.41) is 2.99. The number of carbonyl (C=O) groups excluding carboxylic acids is 1. The second kappa shape index (κ2) is 8.37. The minimum atomic E-state index is -0.512. The van der Waals surface area contributed by atoms with E-state index < -0.39 is 5.97 Å². The molecule has 1 aromatic rings. The van der Waals surface area contributed by atoms with Gasteiger partial charge in [0, 0.05) is 13.7 Å². The Hall–Kier alpha value is -1.73. The lowest BCUT2D eigenvalue weighted by molar-refractivity contribution is 0.0593. The molecule has 0 aliphatic heterocycles. The molecular weight excluding hydrogens is 238 g/mol. The molecule has 0 aliphatic rings. The lowest BCUT2D eigenvalue weighted by Crippen LogP contribution is -2.14. The quantitative estimate of drug-likeness (QED) is 0.529. The summed E-state index contributed by atoms with van der Waals surface area (Å²) in [6.07, 6.45) is 2.88. The van der Waals surface area contributed by atoms with E-state index in [1.807, 2.05) is 0 Å². The second-order valence-electron chi connectivity index (χ2n) is 3.31. The number of ether oxygens (including phenoxy) is 3. The highest BCUT2D eigenvalue weighted by atomic mass is 16.5. The van der Waals surface area contributed by atoms with Crippen LogP contribution in [0.2, 0.25) is 0 Å². The van der Waals surface area contributed by atoms with Crippen molar-refractivity contribution in [3.63, 3.8) is 0 Å². The van der Waals surface area contributed by atoms with Crippen LogP contribution < -0.4 is 5.32 Å². The molecule has 0 radical (unpaired) electrons. The third-order valence-electron chi connectivity index (χ3n) is 2.01. The van der Waals surface area contributed by atoms with Gasteiger partial charge in [0.2, 0.25) is 0 Å². The van der Waals surface area contributed by atoms with Crippen molar-refractivity contribution < 1.29 is 19.0 Å². The number of anilines is 1. The average molecular weight is 255 g/mol. The van der Waals surface area contributed by atoms with Gasteiger partial charge in [-0.1, -0.05) is 0 Å². The molecule has 0 atom stereocenters. The molecule has 1 aromatic heterocycles. The fourth-order valence-electron chi connectivity index (χ4n) is 1.15. The van der Waals surface area contributed by atoms with Crippen LogP contribution >= 0.6 is 0 Å². The molecule has 1 N–H and O–H groups in total. The van der Waals surface area contributed by atoms with Gasteiger partial charge in [0.1, 0.15) is 5.82 Å². The van der Waals surface area contributed by atoms with Crippen LogP contribution in [0, 0.1) is 0 Å². The van der Waals surface area contributed by atoms with E-state index in [1.165, 1.54) is 19.5 Å². The molecule has 0 spiro atoms. The van der Waals surface area contributed by atoms with Crippen molar-refractivity contribution in [2.45, 2.75) is 0 Å². The molecule has 1 heterocycles. The molecule has 7 heteroatoms. The number of rotatable bonds is 8. The van der Waals surface area contributed by atoms with Crippen molar-refractivity contribution >= 4 is 11.8 Å². The Kier molecular flexibility index (Phi) is 6.67. The van der Waals surface area contributed by atoms with E-state index in [2.05, 4.69) is 20.0 Å². The molecule has 0 fully saturated rings. The van der Waals surface area contributed by atoms with Crippen LogP contribution in [0.5, 0.6) is 0 Å². The van der Waals surface area contributed by atoms with Crippen LogP contribution in [0.1, 0.15) is 10.5 Å². The number of methoxy groups -OCH3 is 2. The van der Waals surface area contributed by atoms with Gasteiger partial charge in [-0.05, 0) is 0 Å². The topological polar surface area (TPSA) is 82.6 Å². The first-order chi connectivity index (χ1) is 8.77. The van der Waals surface area contributed by atoms with Crippen molar-refractivity contribution in [2.75, 3.05) is 45.9 Å². The van der Waals surface area contributed by atoms with E-state index in [9.17, 15) is 4.79 Å². The van der Waals surface area contributed by atoms with Gasteiger partial charge < -0.3 is 19.5 Å². The summed E-state index contributed by atoms with van der Waals surface area (Å²) in [5.74, 6) is -0.00395. The van der Waals surface area contributed by atoms with E-state index in [0.29, 0.717) is 32.2 Å². The van der Waals surface area contributed by atoms with Crippen molar-refractivity contribution in [1.29, 1.82) is 0 Å². The second-order valence-corrected chi connectivity index (χ2v) is 3.31. The van der Waals surface area contributed by atoms with Crippen molar-refractivity contribution in [3.8, 4) is 0 Å². The van der Waals surface area contributed by atoms with Gasteiger partial charge >= 0.3 is 5.97 Å². The standard InChI is InChI=1S/C11H17N3O4/c1-16-5-6-18-4-3-13-10-8-12-7-9(14-10)11(15)17-2/h7-8H,3-6H2,1-2H3,(H,13,14). The Bertz CT molecular complexity index is 373. The van der Waals surface area contributed by atoms with Gasteiger partial charge in [0.05, 0.1) is 39.3 Å². The zero-order chi connectivity index (χ0) is 13.2. The van der Waals surface area contributed by atoms with Crippen molar-refractivity contribution in [1.82, 2.24) is 9.97 Å². The summed E-state index contributed by atoms with van der Waals surface area (Å²) in [6, 6.07) is 0. The molecule has 0 saturated carbocycles. The number of aromatic nitrogens is 2. The Labute approximate surface area is 105 Å². The average Bonchev–Trinajstić information content (AvgIpc) is 2.42. The molecule has 18 heavy (non-hydrogen) atoms. The molecule has 0 unspecified atom stereocenters. The fourth-order valence-corrected chi connectivity index (χ4v) is 1.15. The molecule has 1 rings (SSSR count). The lowest BCUT2D eigenvalue weighted by atomic mass is 10.4. The number of nitrogens with zero attached hydrogens (tertiary/aromatic N) is 2. The first-order valence-corrected chi connectivity index (χ1v) is 5.49. The minimum Gasteiger partial charge on any atom is -0.464 e. The zero-order valence-corrected chi connectivity index (χ0v) is 10.5. The molecule has 7 nitrogen and oxygen atoms in total. The summed E-state index contributed by atoms with van der Waals surface area (Å²) in [6.45, 7) is 2.21. The largest absolute Gasteiger partial charge is 0.464 e. The van der Waals surface area contributed by atoms with E-state index >= 15 is 0 Å². The maximum absolute atomic E-state index is 11.2. The van der Waals surface area contributed by atoms with Crippen LogP contribution in [-0.2, 0) is 14.2 Å². The number of nitrogens with one attached hydrogen (secondary N) is 1. The zero-order valence-electron chi connectivity index (χ0n) is 10.5. The van der Waals surface area contributed by atoms with Crippen LogP contribution in [0.25, 0.3) is 0 Å². The van der Waals surface area contributed by atoms with Gasteiger partial charge in [0.25, 0.3) is 0 Å². The smallest absolute Gasteiger partial charge is 0.358 e. The summed E-state index contributed by atoms with van der Waals surface area (Å²) in [4.78, 5) is 19.2. The summed E-state index contributed by atoms with van der Waals surface area (Å²) < 4.78 is 14.7. The van der Waals surface area contributed by atoms with E-state index in [1.54, 1.807) is 7.11 Å². The monoisotopic (exact) mass is 255 g/mol. The number of hydrogen-bond acceptors (Lipinski definition) is 7. The highest BCUT2D eigenvalue weighted by Gasteiger charge is 2.07. The normalized spacial score (nSPS) is 10.1. The molecule has 0 bridgehead atoms. The van der Waals surface area contributed by atoms with Gasteiger partial charge in [0.15, 0.2) is 5.69 Å². The lowest BCUT2D eigenvalue weighted by Gasteiger charge is -2.06. The highest BCUT2D eigenvalue weighted by molar-refractivity contribution is 5.87. The molecular formula is C11H17N3O4. The van der Waals surface area contributed by atoms with Crippen LogP contribution in [-0.4, -0.2) is 56.5 Å². The first kappa shape index (κ1) is 14.3. The van der Waals surface area contributed by atoms with E-state index in [4.69, 9.17) is 9.47 Å². The SMILES string of the molecule is COCCOCCNc1cncc(C(=O)OC)n1. The van der Waals surface area contributed by atoms with Gasteiger partial charge in [-0.2, -0.15) is 0 Å². The van der Waals surface area contributed by atoms with Crippen molar-refractivity contribution in [2.24, 2.45) is 0 Å². The predicted molar refractivity (Wildman–Crippen MR) is 64.6 cm³/mol. The van der Waals surface area contributed by atoms with Crippen LogP contribution in [0.4, 0.5) is 5.82 Å². The fraction of sp³-hybridized carbons (Fsp3) is 0.545. The molecule has 0 aliphatic carbocycles. The summed E-state index contributed by atoms with van der Waals surface area (Å²) in [5.41, 5.74) is 0.169. The number of carbonyl (C=O) groups is 1. The van der Waals surface area contributed by atoms with Gasteiger partial charge in [-0.3, -0.25) is 4.98 Å². The maximum Gasteiger partial charge on any atom is 0.358 e. The summed E-state index contributed by atoms with van der Waals surface area (Å²) >= 11 is 0. The first-order valence-electron chi connectivity index (χ1n) is 5.49. The maximum atomic E-state index is 11.2. The highest BCUT2D eigenvalue weighted by Crippen LogP contribution is 2.02. The van der Waals surface area contributed by atoms with Crippen LogP contribution in [0.15, 0.2) is 12.4 Å². The Morgan fingerprint density at radius 2 is 2.11 bits per heavy atom. The third kappa shape index (κ3) is 5.07. The van der Waals surface area contributed by atoms with E-state index in [-0.39, 0.29) is 5.69 Å². The predicted octanol–water partition coefficient (Wildman–Crippen LogP) is 0.338. The number of hydrogen-bond donors (Lipinski definition) is 1. The minimum absolute atomic E-state index is 0.169. The van der Waals surface area contributed by atoms with E-state index in [0.717, 1.165) is 0 Å².